The van der Waals surface area contributed by atoms with Gasteiger partial charge in [0.05, 0.1) is 14.2 Å². The Kier molecular flexibility index (Phi) is 6.35. The summed E-state index contributed by atoms with van der Waals surface area (Å²) in [6.07, 6.45) is 4.42. The fourth-order valence-electron chi connectivity index (χ4n) is 4.02. The van der Waals surface area contributed by atoms with Crippen LogP contribution in [0.3, 0.4) is 0 Å². The van der Waals surface area contributed by atoms with Gasteiger partial charge < -0.3 is 24.3 Å². The number of hydrogen-bond donors (Lipinski definition) is 2. The molecule has 0 radical (unpaired) electrons. The summed E-state index contributed by atoms with van der Waals surface area (Å²) in [6, 6.07) is 11.0. The van der Waals surface area contributed by atoms with E-state index in [0.717, 1.165) is 45.4 Å². The minimum Gasteiger partial charge on any atom is -0.497 e. The molecule has 2 unspecified atom stereocenters. The first-order valence-electron chi connectivity index (χ1n) is 10.9. The van der Waals surface area contributed by atoms with E-state index in [1.165, 1.54) is 7.11 Å². The summed E-state index contributed by atoms with van der Waals surface area (Å²) in [4.78, 5) is 32.9. The molecule has 0 spiro atoms. The molecule has 4 aromatic rings. The molecular weight excluding hydrogens is 420 g/mol. The standard InChI is InChI=1S/C25H28N4O4/c1-5-15(2)23(25(31)33-4)28-22(30)14-29-13-19(18-12-17(32-3)8-9-21(18)29)20-11-16-7-6-10-26-24(16)27-20/h6-13,15,23H,5,14H2,1-4H3,(H,26,27)(H,28,30). The normalized spacial score (nSPS) is 13.1. The molecule has 3 heterocycles. The molecule has 1 amide bonds. The van der Waals surface area contributed by atoms with Crippen molar-refractivity contribution in [2.45, 2.75) is 32.9 Å². The van der Waals surface area contributed by atoms with Crippen molar-refractivity contribution < 1.29 is 19.1 Å². The smallest absolute Gasteiger partial charge is 0.328 e. The van der Waals surface area contributed by atoms with Gasteiger partial charge in [0.15, 0.2) is 0 Å². The van der Waals surface area contributed by atoms with Gasteiger partial charge in [0.1, 0.15) is 24.0 Å². The first-order valence-corrected chi connectivity index (χ1v) is 10.9. The van der Waals surface area contributed by atoms with Crippen LogP contribution in [-0.4, -0.2) is 46.7 Å². The number of ether oxygens (including phenoxy) is 2. The summed E-state index contributed by atoms with van der Waals surface area (Å²) in [7, 11) is 2.96. The van der Waals surface area contributed by atoms with Crippen molar-refractivity contribution in [2.75, 3.05) is 14.2 Å². The number of methoxy groups -OCH3 is 2. The predicted molar refractivity (Wildman–Crippen MR) is 127 cm³/mol. The molecule has 8 heteroatoms. The van der Waals surface area contributed by atoms with Crippen LogP contribution in [-0.2, 0) is 20.9 Å². The van der Waals surface area contributed by atoms with E-state index in [0.29, 0.717) is 0 Å². The van der Waals surface area contributed by atoms with Crippen LogP contribution >= 0.6 is 0 Å². The number of aromatic nitrogens is 3. The van der Waals surface area contributed by atoms with Crippen molar-refractivity contribution in [3.8, 4) is 17.0 Å². The second kappa shape index (κ2) is 9.36. The second-order valence-corrected chi connectivity index (χ2v) is 8.13. The zero-order chi connectivity index (χ0) is 23.5. The van der Waals surface area contributed by atoms with Crippen LogP contribution in [0.15, 0.2) is 48.8 Å². The molecule has 0 aliphatic rings. The highest BCUT2D eigenvalue weighted by Crippen LogP contribution is 2.34. The Labute approximate surface area is 191 Å². The van der Waals surface area contributed by atoms with Gasteiger partial charge in [-0.1, -0.05) is 20.3 Å². The van der Waals surface area contributed by atoms with Crippen molar-refractivity contribution in [1.82, 2.24) is 19.9 Å². The molecule has 3 aromatic heterocycles. The molecule has 0 saturated heterocycles. The monoisotopic (exact) mass is 448 g/mol. The highest BCUT2D eigenvalue weighted by molar-refractivity contribution is 5.99. The Morgan fingerprint density at radius 1 is 1.21 bits per heavy atom. The molecule has 2 atom stereocenters. The fourth-order valence-corrected chi connectivity index (χ4v) is 4.02. The van der Waals surface area contributed by atoms with Crippen LogP contribution < -0.4 is 10.1 Å². The lowest BCUT2D eigenvalue weighted by Gasteiger charge is -2.22. The van der Waals surface area contributed by atoms with Crippen molar-refractivity contribution in [1.29, 1.82) is 0 Å². The number of H-pyrrole nitrogens is 1. The zero-order valence-electron chi connectivity index (χ0n) is 19.2. The molecule has 8 nitrogen and oxygen atoms in total. The number of esters is 1. The maximum absolute atomic E-state index is 12.9. The second-order valence-electron chi connectivity index (χ2n) is 8.13. The third kappa shape index (κ3) is 4.41. The van der Waals surface area contributed by atoms with E-state index in [-0.39, 0.29) is 18.4 Å². The third-order valence-electron chi connectivity index (χ3n) is 6.07. The summed E-state index contributed by atoms with van der Waals surface area (Å²) < 4.78 is 12.2. The molecule has 4 rings (SSSR count). The van der Waals surface area contributed by atoms with Gasteiger partial charge in [-0.2, -0.15) is 0 Å². The van der Waals surface area contributed by atoms with Crippen LogP contribution in [0, 0.1) is 5.92 Å². The summed E-state index contributed by atoms with van der Waals surface area (Å²) in [5.41, 5.74) is 3.50. The number of nitrogens with zero attached hydrogens (tertiary/aromatic N) is 2. The fraction of sp³-hybridized carbons (Fsp3) is 0.320. The molecule has 2 N–H and O–H groups in total. The molecule has 0 saturated carbocycles. The van der Waals surface area contributed by atoms with Crippen molar-refractivity contribution >= 4 is 33.8 Å². The Morgan fingerprint density at radius 3 is 2.73 bits per heavy atom. The number of nitrogens with one attached hydrogen (secondary N) is 2. The summed E-state index contributed by atoms with van der Waals surface area (Å²) in [5.74, 6) is -0.0152. The third-order valence-corrected chi connectivity index (χ3v) is 6.07. The Morgan fingerprint density at radius 2 is 2.03 bits per heavy atom. The average molecular weight is 449 g/mol. The van der Waals surface area contributed by atoms with E-state index >= 15 is 0 Å². The number of benzene rings is 1. The van der Waals surface area contributed by atoms with Gasteiger partial charge in [0.25, 0.3) is 0 Å². The number of amides is 1. The van der Waals surface area contributed by atoms with Crippen LogP contribution in [0.4, 0.5) is 0 Å². The minimum atomic E-state index is -0.686. The number of aromatic amines is 1. The van der Waals surface area contributed by atoms with Gasteiger partial charge in [-0.15, -0.1) is 0 Å². The van der Waals surface area contributed by atoms with Crippen LogP contribution in [0.2, 0.25) is 0 Å². The molecule has 1 aromatic carbocycles. The molecule has 0 aliphatic heterocycles. The highest BCUT2D eigenvalue weighted by Gasteiger charge is 2.27. The maximum atomic E-state index is 12.9. The summed E-state index contributed by atoms with van der Waals surface area (Å²) in [5, 5.41) is 4.80. The summed E-state index contributed by atoms with van der Waals surface area (Å²) in [6.45, 7) is 3.95. The van der Waals surface area contributed by atoms with Gasteiger partial charge in [0, 0.05) is 39.9 Å². The first kappa shape index (κ1) is 22.4. The van der Waals surface area contributed by atoms with E-state index in [1.54, 1.807) is 13.3 Å². The zero-order valence-corrected chi connectivity index (χ0v) is 19.2. The van der Waals surface area contributed by atoms with Crippen molar-refractivity contribution in [2.24, 2.45) is 5.92 Å². The van der Waals surface area contributed by atoms with Gasteiger partial charge in [-0.05, 0) is 42.3 Å². The van der Waals surface area contributed by atoms with E-state index in [4.69, 9.17) is 9.47 Å². The van der Waals surface area contributed by atoms with Gasteiger partial charge >= 0.3 is 5.97 Å². The van der Waals surface area contributed by atoms with Crippen LogP contribution in [0.5, 0.6) is 5.75 Å². The first-order chi connectivity index (χ1) is 15.9. The Hall–Kier alpha value is -3.81. The van der Waals surface area contributed by atoms with E-state index in [2.05, 4.69) is 15.3 Å². The van der Waals surface area contributed by atoms with Crippen LogP contribution in [0.25, 0.3) is 33.2 Å². The van der Waals surface area contributed by atoms with Gasteiger partial charge in [-0.3, -0.25) is 4.79 Å². The van der Waals surface area contributed by atoms with E-state index in [9.17, 15) is 9.59 Å². The number of pyridine rings is 1. The van der Waals surface area contributed by atoms with Crippen molar-refractivity contribution in [3.63, 3.8) is 0 Å². The lowest BCUT2D eigenvalue weighted by atomic mass is 9.99. The topological polar surface area (TPSA) is 98.2 Å². The number of rotatable bonds is 8. The van der Waals surface area contributed by atoms with Crippen LogP contribution in [0.1, 0.15) is 20.3 Å². The SMILES string of the molecule is CCC(C)C(NC(=O)Cn1cc(-c2cc3cccnc3[nH]2)c2cc(OC)ccc21)C(=O)OC. The van der Waals surface area contributed by atoms with Crippen molar-refractivity contribution in [3.05, 3.63) is 48.8 Å². The molecule has 33 heavy (non-hydrogen) atoms. The quantitative estimate of drug-likeness (QED) is 0.399. The highest BCUT2D eigenvalue weighted by atomic mass is 16.5. The molecule has 0 bridgehead atoms. The summed E-state index contributed by atoms with van der Waals surface area (Å²) >= 11 is 0. The lowest BCUT2D eigenvalue weighted by Crippen LogP contribution is -2.46. The number of carbonyl (C=O) groups excluding carboxylic acids is 2. The number of carbonyl (C=O) groups is 2. The molecular formula is C25H28N4O4. The largest absolute Gasteiger partial charge is 0.497 e. The maximum Gasteiger partial charge on any atom is 0.328 e. The van der Waals surface area contributed by atoms with E-state index < -0.39 is 12.0 Å². The Balaban J connectivity index is 1.71. The Bertz CT molecular complexity index is 1270. The molecule has 172 valence electrons. The lowest BCUT2D eigenvalue weighted by molar-refractivity contribution is -0.146. The average Bonchev–Trinajstić information content (AvgIpc) is 3.42. The molecule has 0 aliphatic carbocycles. The molecule has 0 fully saturated rings. The van der Waals surface area contributed by atoms with E-state index in [1.807, 2.05) is 61.0 Å². The number of fused-ring (bicyclic) bond motifs is 2. The predicted octanol–water partition coefficient (Wildman–Crippen LogP) is 3.90. The number of hydrogen-bond acceptors (Lipinski definition) is 5. The van der Waals surface area contributed by atoms with Gasteiger partial charge in [-0.25, -0.2) is 9.78 Å². The van der Waals surface area contributed by atoms with Gasteiger partial charge in [0.2, 0.25) is 5.91 Å². The minimum absolute atomic E-state index is 0.0403.